The van der Waals surface area contributed by atoms with Crippen LogP contribution in [0.4, 0.5) is 5.69 Å². The van der Waals surface area contributed by atoms with Crippen molar-refractivity contribution in [3.63, 3.8) is 0 Å². The van der Waals surface area contributed by atoms with Crippen LogP contribution in [-0.4, -0.2) is 50.4 Å². The first-order valence-corrected chi connectivity index (χ1v) is 16.6. The van der Waals surface area contributed by atoms with Gasteiger partial charge in [0.25, 0.3) is 10.0 Å². The first-order chi connectivity index (χ1) is 20.6. The molecule has 1 aliphatic carbocycles. The molecule has 1 aliphatic rings. The van der Waals surface area contributed by atoms with E-state index in [9.17, 15) is 18.0 Å². The van der Waals surface area contributed by atoms with Crippen molar-refractivity contribution in [2.75, 3.05) is 17.5 Å². The van der Waals surface area contributed by atoms with Crippen molar-refractivity contribution in [2.45, 2.75) is 69.5 Å². The number of amides is 2. The van der Waals surface area contributed by atoms with E-state index < -0.39 is 28.5 Å². The number of carbonyl (C=O) groups is 2. The maximum absolute atomic E-state index is 14.2. The Morgan fingerprint density at radius 1 is 0.930 bits per heavy atom. The molecule has 1 fully saturated rings. The molecule has 1 N–H and O–H groups in total. The van der Waals surface area contributed by atoms with Gasteiger partial charge in [0.1, 0.15) is 18.3 Å². The van der Waals surface area contributed by atoms with Crippen molar-refractivity contribution in [1.82, 2.24) is 10.2 Å². The predicted molar refractivity (Wildman–Crippen MR) is 170 cm³/mol. The molecule has 0 radical (unpaired) electrons. The second kappa shape index (κ2) is 14.9. The van der Waals surface area contributed by atoms with Gasteiger partial charge in [0.2, 0.25) is 11.8 Å². The van der Waals surface area contributed by atoms with Gasteiger partial charge in [0, 0.05) is 28.2 Å². The molecule has 8 nitrogen and oxygen atoms in total. The van der Waals surface area contributed by atoms with E-state index in [2.05, 4.69) is 5.32 Å². The third kappa shape index (κ3) is 8.22. The van der Waals surface area contributed by atoms with Gasteiger partial charge >= 0.3 is 0 Å². The lowest BCUT2D eigenvalue weighted by Crippen LogP contribution is -2.53. The third-order valence-corrected chi connectivity index (χ3v) is 10.1. The molecule has 43 heavy (non-hydrogen) atoms. The summed E-state index contributed by atoms with van der Waals surface area (Å²) >= 11 is 12.9. The van der Waals surface area contributed by atoms with Crippen LogP contribution in [-0.2, 0) is 26.2 Å². The molecular formula is C32H37Cl2N3O5S. The van der Waals surface area contributed by atoms with Crippen LogP contribution in [0.5, 0.6) is 5.75 Å². The van der Waals surface area contributed by atoms with Crippen LogP contribution in [0.15, 0.2) is 77.7 Å². The largest absolute Gasteiger partial charge is 0.494 e. The van der Waals surface area contributed by atoms with Gasteiger partial charge in [0.15, 0.2) is 0 Å². The molecule has 0 heterocycles. The summed E-state index contributed by atoms with van der Waals surface area (Å²) in [4.78, 5) is 29.0. The van der Waals surface area contributed by atoms with Gasteiger partial charge in [-0.15, -0.1) is 0 Å². The van der Waals surface area contributed by atoms with Gasteiger partial charge in [-0.1, -0.05) is 66.7 Å². The summed E-state index contributed by atoms with van der Waals surface area (Å²) in [6.45, 7) is 3.29. The Morgan fingerprint density at radius 3 is 2.16 bits per heavy atom. The molecule has 230 valence electrons. The molecule has 11 heteroatoms. The second-order valence-corrected chi connectivity index (χ2v) is 13.2. The van der Waals surface area contributed by atoms with E-state index in [0.29, 0.717) is 28.0 Å². The van der Waals surface area contributed by atoms with Crippen LogP contribution in [0.25, 0.3) is 0 Å². The number of hydrogen-bond acceptors (Lipinski definition) is 5. The standard InChI is InChI=1S/C32H37Cl2N3O5S/c1-3-42-26-19-17-25(18-20-26)37(43(40,41)27-13-8-5-9-14-27)22-31(38)36(21-28-29(33)15-10-16-30(28)34)23(2)32(39)35-24-11-6-4-7-12-24/h5,8-10,13-20,23-24H,3-4,6-7,11-12,21-22H2,1-2H3,(H,35,39)/t23-/m1/s1. The number of nitrogens with one attached hydrogen (secondary N) is 1. The molecule has 2 amide bonds. The third-order valence-electron chi connectivity index (χ3n) is 7.55. The molecule has 0 spiro atoms. The Hall–Kier alpha value is -3.27. The van der Waals surface area contributed by atoms with E-state index in [1.165, 1.54) is 17.0 Å². The lowest BCUT2D eigenvalue weighted by atomic mass is 9.95. The zero-order valence-electron chi connectivity index (χ0n) is 24.3. The highest BCUT2D eigenvalue weighted by Gasteiger charge is 2.33. The van der Waals surface area contributed by atoms with Crippen molar-refractivity contribution in [1.29, 1.82) is 0 Å². The van der Waals surface area contributed by atoms with Crippen LogP contribution >= 0.6 is 23.2 Å². The Kier molecular flexibility index (Phi) is 11.3. The van der Waals surface area contributed by atoms with Crippen LogP contribution in [0, 0.1) is 0 Å². The fourth-order valence-corrected chi connectivity index (χ4v) is 7.08. The summed E-state index contributed by atoms with van der Waals surface area (Å²) in [6.07, 6.45) is 4.96. The van der Waals surface area contributed by atoms with Crippen LogP contribution in [0.2, 0.25) is 10.0 Å². The van der Waals surface area contributed by atoms with Gasteiger partial charge < -0.3 is 15.0 Å². The highest BCUT2D eigenvalue weighted by molar-refractivity contribution is 7.92. The number of ether oxygens (including phenoxy) is 1. The second-order valence-electron chi connectivity index (χ2n) is 10.5. The van der Waals surface area contributed by atoms with E-state index in [-0.39, 0.29) is 29.1 Å². The summed E-state index contributed by atoms with van der Waals surface area (Å²) in [5, 5.41) is 3.76. The quantitative estimate of drug-likeness (QED) is 0.244. The van der Waals surface area contributed by atoms with E-state index in [0.717, 1.165) is 36.4 Å². The number of carbonyl (C=O) groups excluding carboxylic acids is 2. The molecule has 0 aliphatic heterocycles. The molecule has 0 unspecified atom stereocenters. The maximum atomic E-state index is 14.2. The molecule has 3 aromatic carbocycles. The fraction of sp³-hybridized carbons (Fsp3) is 0.375. The average molecular weight is 647 g/mol. The zero-order valence-corrected chi connectivity index (χ0v) is 26.7. The number of halogens is 2. The van der Waals surface area contributed by atoms with Crippen molar-refractivity contribution in [3.8, 4) is 5.75 Å². The minimum atomic E-state index is -4.17. The number of anilines is 1. The minimum Gasteiger partial charge on any atom is -0.494 e. The Bertz CT molecular complexity index is 1480. The average Bonchev–Trinajstić information content (AvgIpc) is 3.01. The van der Waals surface area contributed by atoms with Crippen molar-refractivity contribution in [3.05, 3.63) is 88.4 Å². The molecule has 0 bridgehead atoms. The fourth-order valence-electron chi connectivity index (χ4n) is 5.13. The van der Waals surface area contributed by atoms with Crippen molar-refractivity contribution in [2.24, 2.45) is 0 Å². The van der Waals surface area contributed by atoms with E-state index in [4.69, 9.17) is 27.9 Å². The molecule has 3 aromatic rings. The molecular weight excluding hydrogens is 609 g/mol. The molecule has 0 aromatic heterocycles. The van der Waals surface area contributed by atoms with Gasteiger partial charge in [-0.3, -0.25) is 13.9 Å². The van der Waals surface area contributed by atoms with Crippen LogP contribution in [0.1, 0.15) is 51.5 Å². The van der Waals surface area contributed by atoms with E-state index in [1.807, 2.05) is 6.92 Å². The monoisotopic (exact) mass is 645 g/mol. The van der Waals surface area contributed by atoms with Crippen LogP contribution in [0.3, 0.4) is 0 Å². The minimum absolute atomic E-state index is 0.0282. The van der Waals surface area contributed by atoms with Crippen molar-refractivity contribution < 1.29 is 22.7 Å². The Morgan fingerprint density at radius 2 is 1.56 bits per heavy atom. The number of sulfonamides is 1. The summed E-state index contributed by atoms with van der Waals surface area (Å²) in [5.74, 6) is -0.338. The Balaban J connectivity index is 1.70. The van der Waals surface area contributed by atoms with Gasteiger partial charge in [-0.25, -0.2) is 8.42 Å². The summed E-state index contributed by atoms with van der Waals surface area (Å²) in [6, 6.07) is 18.5. The summed E-state index contributed by atoms with van der Waals surface area (Å²) < 4.78 is 34.4. The van der Waals surface area contributed by atoms with Gasteiger partial charge in [0.05, 0.1) is 17.2 Å². The first kappa shape index (κ1) is 32.6. The molecule has 0 saturated heterocycles. The maximum Gasteiger partial charge on any atom is 0.264 e. The predicted octanol–water partition coefficient (Wildman–Crippen LogP) is 6.45. The topological polar surface area (TPSA) is 96.0 Å². The highest BCUT2D eigenvalue weighted by Crippen LogP contribution is 2.29. The lowest BCUT2D eigenvalue weighted by Gasteiger charge is -2.33. The summed E-state index contributed by atoms with van der Waals surface area (Å²) in [5.41, 5.74) is 0.741. The molecule has 1 atom stereocenters. The summed E-state index contributed by atoms with van der Waals surface area (Å²) in [7, 11) is -4.17. The normalized spacial score (nSPS) is 14.5. The lowest BCUT2D eigenvalue weighted by molar-refractivity contribution is -0.139. The molecule has 4 rings (SSSR count). The Labute approximate surface area is 264 Å². The van der Waals surface area contributed by atoms with Gasteiger partial charge in [-0.2, -0.15) is 0 Å². The van der Waals surface area contributed by atoms with Crippen molar-refractivity contribution >= 4 is 50.7 Å². The number of benzene rings is 3. The number of hydrogen-bond donors (Lipinski definition) is 1. The van der Waals surface area contributed by atoms with Gasteiger partial charge in [-0.05, 0) is 75.2 Å². The molecule has 1 saturated carbocycles. The highest BCUT2D eigenvalue weighted by atomic mass is 35.5. The SMILES string of the molecule is CCOc1ccc(N(CC(=O)N(Cc2c(Cl)cccc2Cl)[C@H](C)C(=O)NC2CCCCC2)S(=O)(=O)c2ccccc2)cc1. The smallest absolute Gasteiger partial charge is 0.264 e. The van der Waals surface area contributed by atoms with E-state index in [1.54, 1.807) is 67.6 Å². The number of rotatable bonds is 12. The number of nitrogens with zero attached hydrogens (tertiary/aromatic N) is 2. The first-order valence-electron chi connectivity index (χ1n) is 14.4. The van der Waals surface area contributed by atoms with E-state index >= 15 is 0 Å². The van der Waals surface area contributed by atoms with Crippen LogP contribution < -0.4 is 14.4 Å². The zero-order chi connectivity index (χ0) is 31.0.